The van der Waals surface area contributed by atoms with Crippen LogP contribution in [-0.2, 0) is 10.4 Å². The molecule has 2 aromatic rings. The third-order valence-electron chi connectivity index (χ3n) is 6.55. The Bertz CT molecular complexity index is 853. The van der Waals surface area contributed by atoms with E-state index in [1.54, 1.807) is 0 Å². The lowest BCUT2D eigenvalue weighted by atomic mass is 9.84. The second-order valence-corrected chi connectivity index (χ2v) is 9.25. The summed E-state index contributed by atoms with van der Waals surface area (Å²) in [6, 6.07) is 15.6. The number of anilines is 2. The number of carbonyl (C=O) groups excluding carboxylic acids is 1. The number of rotatable bonds is 5. The van der Waals surface area contributed by atoms with Crippen LogP contribution in [0.5, 0.6) is 0 Å². The largest absolute Gasteiger partial charge is 0.385 e. The smallest absolute Gasteiger partial charge is 0.238 e. The first-order valence-corrected chi connectivity index (χ1v) is 11.8. The number of nitrogens with one attached hydrogen (secondary N) is 1. The molecule has 2 aliphatic heterocycles. The van der Waals surface area contributed by atoms with E-state index in [1.165, 1.54) is 31.4 Å². The minimum atomic E-state index is -0.846. The number of likely N-dealkylation sites (tertiary alicyclic amines) is 1. The quantitative estimate of drug-likeness (QED) is 0.709. The third kappa shape index (κ3) is 5.79. The summed E-state index contributed by atoms with van der Waals surface area (Å²) in [5.41, 5.74) is 2.11. The molecular formula is C25H32ClN3O2. The van der Waals surface area contributed by atoms with Crippen molar-refractivity contribution in [2.24, 2.45) is 0 Å². The van der Waals surface area contributed by atoms with Gasteiger partial charge in [-0.2, -0.15) is 0 Å². The van der Waals surface area contributed by atoms with Gasteiger partial charge >= 0.3 is 0 Å². The number of halogens is 1. The summed E-state index contributed by atoms with van der Waals surface area (Å²) >= 11 is 5.96. The Labute approximate surface area is 190 Å². The van der Waals surface area contributed by atoms with Crippen LogP contribution in [0.3, 0.4) is 0 Å². The summed E-state index contributed by atoms with van der Waals surface area (Å²) in [6.45, 7) is 3.93. The monoisotopic (exact) mass is 441 g/mol. The van der Waals surface area contributed by atoms with Crippen molar-refractivity contribution in [3.8, 4) is 0 Å². The number of nitrogens with zero attached hydrogens (tertiary/aromatic N) is 2. The van der Waals surface area contributed by atoms with Crippen molar-refractivity contribution >= 4 is 28.9 Å². The molecule has 2 heterocycles. The van der Waals surface area contributed by atoms with Crippen LogP contribution in [0.25, 0.3) is 0 Å². The maximum Gasteiger partial charge on any atom is 0.238 e. The molecule has 2 saturated heterocycles. The fourth-order valence-electron chi connectivity index (χ4n) is 4.62. The minimum absolute atomic E-state index is 0.0144. The average Bonchev–Trinajstić information content (AvgIpc) is 3.06. The van der Waals surface area contributed by atoms with Crippen molar-refractivity contribution in [1.29, 1.82) is 0 Å². The lowest BCUT2D eigenvalue weighted by Crippen LogP contribution is -2.45. The molecule has 0 aromatic heterocycles. The van der Waals surface area contributed by atoms with Crippen LogP contribution < -0.4 is 10.2 Å². The third-order valence-corrected chi connectivity index (χ3v) is 6.81. The highest BCUT2D eigenvalue weighted by molar-refractivity contribution is 6.30. The Hall–Kier alpha value is -2.08. The Kier molecular flexibility index (Phi) is 7.16. The van der Waals surface area contributed by atoms with Gasteiger partial charge in [-0.15, -0.1) is 0 Å². The molecule has 2 fully saturated rings. The molecule has 0 atom stereocenters. The predicted molar refractivity (Wildman–Crippen MR) is 127 cm³/mol. The van der Waals surface area contributed by atoms with Gasteiger partial charge in [0.05, 0.1) is 12.1 Å². The second kappa shape index (κ2) is 10.0. The molecule has 4 rings (SSSR count). The van der Waals surface area contributed by atoms with Crippen molar-refractivity contribution in [2.45, 2.75) is 44.1 Å². The number of amides is 1. The topological polar surface area (TPSA) is 55.8 Å². The summed E-state index contributed by atoms with van der Waals surface area (Å²) in [5.74, 6) is -0.0144. The molecule has 2 aliphatic rings. The van der Waals surface area contributed by atoms with E-state index in [1.807, 2.05) is 36.4 Å². The SMILES string of the molecule is O=C(CN1CCC(O)(c2ccc(Cl)cc2)CC1)Nc1ccc(N2CCCCCC2)cc1. The molecule has 5 nitrogen and oxygen atoms in total. The Balaban J connectivity index is 1.26. The van der Waals surface area contributed by atoms with Crippen LogP contribution in [0.4, 0.5) is 11.4 Å². The van der Waals surface area contributed by atoms with Crippen LogP contribution in [0.15, 0.2) is 48.5 Å². The summed E-state index contributed by atoms with van der Waals surface area (Å²) in [5, 5.41) is 14.7. The normalized spacial score (nSPS) is 19.6. The highest BCUT2D eigenvalue weighted by Crippen LogP contribution is 2.33. The molecule has 2 N–H and O–H groups in total. The molecule has 0 radical (unpaired) electrons. The first-order chi connectivity index (χ1) is 15.0. The lowest BCUT2D eigenvalue weighted by molar-refractivity contribution is -0.118. The molecule has 0 unspecified atom stereocenters. The predicted octanol–water partition coefficient (Wildman–Crippen LogP) is 4.64. The molecule has 1 amide bonds. The zero-order valence-electron chi connectivity index (χ0n) is 18.0. The molecule has 0 saturated carbocycles. The van der Waals surface area contributed by atoms with Crippen LogP contribution in [0.2, 0.25) is 5.02 Å². The summed E-state index contributed by atoms with van der Waals surface area (Å²) in [4.78, 5) is 17.1. The first-order valence-electron chi connectivity index (χ1n) is 11.4. The number of hydrogen-bond acceptors (Lipinski definition) is 4. The Morgan fingerprint density at radius 2 is 1.52 bits per heavy atom. The van der Waals surface area contributed by atoms with Gasteiger partial charge < -0.3 is 15.3 Å². The van der Waals surface area contributed by atoms with Crippen molar-refractivity contribution in [2.75, 3.05) is 42.9 Å². The van der Waals surface area contributed by atoms with Gasteiger partial charge in [-0.3, -0.25) is 9.69 Å². The maximum absolute atomic E-state index is 12.5. The van der Waals surface area contributed by atoms with Crippen molar-refractivity contribution in [3.05, 3.63) is 59.1 Å². The fraction of sp³-hybridized carbons (Fsp3) is 0.480. The van der Waals surface area contributed by atoms with Crippen molar-refractivity contribution in [1.82, 2.24) is 4.90 Å². The Morgan fingerprint density at radius 3 is 2.13 bits per heavy atom. The molecular weight excluding hydrogens is 410 g/mol. The van der Waals surface area contributed by atoms with Gasteiger partial charge in [0.25, 0.3) is 0 Å². The highest BCUT2D eigenvalue weighted by atomic mass is 35.5. The van der Waals surface area contributed by atoms with Gasteiger partial charge in [-0.05, 0) is 67.6 Å². The zero-order chi connectivity index (χ0) is 21.7. The summed E-state index contributed by atoms with van der Waals surface area (Å²) in [6.07, 6.45) is 6.35. The van der Waals surface area contributed by atoms with Gasteiger partial charge in [0.1, 0.15) is 0 Å². The maximum atomic E-state index is 12.5. The number of aliphatic hydroxyl groups is 1. The fourth-order valence-corrected chi connectivity index (χ4v) is 4.74. The zero-order valence-corrected chi connectivity index (χ0v) is 18.8. The molecule has 2 aromatic carbocycles. The summed E-state index contributed by atoms with van der Waals surface area (Å²) in [7, 11) is 0. The molecule has 31 heavy (non-hydrogen) atoms. The number of hydrogen-bond donors (Lipinski definition) is 2. The average molecular weight is 442 g/mol. The van der Waals surface area contributed by atoms with Gasteiger partial charge in [0.2, 0.25) is 5.91 Å². The van der Waals surface area contributed by atoms with E-state index >= 15 is 0 Å². The van der Waals surface area contributed by atoms with Crippen molar-refractivity contribution in [3.63, 3.8) is 0 Å². The molecule has 166 valence electrons. The standard InChI is InChI=1S/C25H32ClN3O2/c26-21-7-5-20(6-8-21)25(31)13-17-28(18-14-25)19-24(30)27-22-9-11-23(12-10-22)29-15-3-1-2-4-16-29/h5-12,31H,1-4,13-19H2,(H,27,30). The molecule has 6 heteroatoms. The van der Waals surface area contributed by atoms with E-state index in [4.69, 9.17) is 11.6 Å². The van der Waals surface area contributed by atoms with Crippen LogP contribution in [-0.4, -0.2) is 48.6 Å². The van der Waals surface area contributed by atoms with Gasteiger partial charge in [-0.1, -0.05) is 36.6 Å². The summed E-state index contributed by atoms with van der Waals surface area (Å²) < 4.78 is 0. The number of benzene rings is 2. The molecule has 0 bridgehead atoms. The van der Waals surface area contributed by atoms with E-state index < -0.39 is 5.60 Å². The number of carbonyl (C=O) groups is 1. The molecule has 0 spiro atoms. The second-order valence-electron chi connectivity index (χ2n) is 8.81. The van der Waals surface area contributed by atoms with Crippen LogP contribution >= 0.6 is 11.6 Å². The van der Waals surface area contributed by atoms with E-state index in [0.29, 0.717) is 37.5 Å². The van der Waals surface area contributed by atoms with E-state index in [0.717, 1.165) is 24.3 Å². The van der Waals surface area contributed by atoms with E-state index in [2.05, 4.69) is 27.2 Å². The van der Waals surface area contributed by atoms with E-state index in [9.17, 15) is 9.90 Å². The number of piperidine rings is 1. The first kappa shape index (κ1) is 22.1. The Morgan fingerprint density at radius 1 is 0.903 bits per heavy atom. The van der Waals surface area contributed by atoms with E-state index in [-0.39, 0.29) is 5.91 Å². The lowest BCUT2D eigenvalue weighted by Gasteiger charge is -2.38. The van der Waals surface area contributed by atoms with Gasteiger partial charge in [0, 0.05) is 42.6 Å². The highest BCUT2D eigenvalue weighted by Gasteiger charge is 2.34. The minimum Gasteiger partial charge on any atom is -0.385 e. The molecule has 0 aliphatic carbocycles. The van der Waals surface area contributed by atoms with Crippen molar-refractivity contribution < 1.29 is 9.90 Å². The van der Waals surface area contributed by atoms with Gasteiger partial charge in [-0.25, -0.2) is 0 Å². The van der Waals surface area contributed by atoms with Crippen LogP contribution in [0.1, 0.15) is 44.1 Å². The van der Waals surface area contributed by atoms with Gasteiger partial charge in [0.15, 0.2) is 0 Å². The van der Waals surface area contributed by atoms with Crippen LogP contribution in [0, 0.1) is 0 Å².